The summed E-state index contributed by atoms with van der Waals surface area (Å²) in [5, 5.41) is 21.3. The highest BCUT2D eigenvalue weighted by Crippen LogP contribution is 2.28. The lowest BCUT2D eigenvalue weighted by Gasteiger charge is -2.19. The van der Waals surface area contributed by atoms with Crippen LogP contribution in [0.4, 0.5) is 20.3 Å². The predicted octanol–water partition coefficient (Wildman–Crippen LogP) is 2.20. The molecule has 1 amide bonds. The Balaban J connectivity index is 2.39. The van der Waals surface area contributed by atoms with E-state index >= 15 is 0 Å². The van der Waals surface area contributed by atoms with Crippen molar-refractivity contribution in [3.8, 4) is 0 Å². The maximum atomic E-state index is 14.7. The van der Waals surface area contributed by atoms with Crippen LogP contribution in [0.2, 0.25) is 0 Å². The van der Waals surface area contributed by atoms with Crippen molar-refractivity contribution >= 4 is 45.8 Å². The number of hydrogen-bond donors (Lipinski definition) is 4. The molecule has 8 nitrogen and oxygen atoms in total. The molecule has 2 aromatic rings. The van der Waals surface area contributed by atoms with Crippen molar-refractivity contribution in [1.29, 1.82) is 0 Å². The molecule has 1 aromatic carbocycles. The first kappa shape index (κ1) is 22.2. The Morgan fingerprint density at radius 2 is 2.07 bits per heavy atom. The molecule has 0 bridgehead atoms. The van der Waals surface area contributed by atoms with Gasteiger partial charge in [0.15, 0.2) is 11.6 Å². The normalized spacial score (nSPS) is 12.0. The van der Waals surface area contributed by atoms with Crippen LogP contribution in [-0.4, -0.2) is 58.3 Å². The van der Waals surface area contributed by atoms with Gasteiger partial charge in [0.1, 0.15) is 35.6 Å². The fourth-order valence-corrected chi connectivity index (χ4v) is 2.66. The van der Waals surface area contributed by atoms with Crippen LogP contribution < -0.4 is 5.32 Å². The third kappa shape index (κ3) is 5.04. The fraction of sp³-hybridized carbons (Fsp3) is 0.294. The molecule has 28 heavy (non-hydrogen) atoms. The third-order valence-corrected chi connectivity index (χ3v) is 4.32. The molecule has 0 aliphatic heterocycles. The Morgan fingerprint density at radius 1 is 1.39 bits per heavy atom. The standard InChI is InChI=1S/C17H18F2IN3O5/c1-8(25)15-14(19)13(17(27)23(2)28-7-10(26)6-24)16(22-15)21-12-4-3-9(20)5-11(12)18/h3-5,10,21-22,24,26H,6-7H2,1-2H3/t10-/m1/s1. The molecule has 0 spiro atoms. The molecule has 0 fully saturated rings. The summed E-state index contributed by atoms with van der Waals surface area (Å²) < 4.78 is 29.5. The first-order chi connectivity index (χ1) is 13.1. The number of carbonyl (C=O) groups is 2. The molecule has 2 rings (SSSR count). The molecular weight excluding hydrogens is 491 g/mol. The topological polar surface area (TPSA) is 115 Å². The van der Waals surface area contributed by atoms with E-state index in [4.69, 9.17) is 9.94 Å². The maximum Gasteiger partial charge on any atom is 0.283 e. The van der Waals surface area contributed by atoms with Gasteiger partial charge < -0.3 is 20.5 Å². The van der Waals surface area contributed by atoms with Crippen LogP contribution in [0.25, 0.3) is 0 Å². The molecule has 0 aliphatic carbocycles. The molecular formula is C17H18F2IN3O5. The lowest BCUT2D eigenvalue weighted by atomic mass is 10.2. The number of aliphatic hydroxyl groups excluding tert-OH is 2. The number of amides is 1. The molecule has 0 unspecified atom stereocenters. The second-order valence-corrected chi connectivity index (χ2v) is 7.05. The lowest BCUT2D eigenvalue weighted by Crippen LogP contribution is -2.32. The summed E-state index contributed by atoms with van der Waals surface area (Å²) in [5.41, 5.74) is -1.06. The van der Waals surface area contributed by atoms with Gasteiger partial charge in [-0.2, -0.15) is 0 Å². The average molecular weight is 509 g/mol. The minimum atomic E-state index is -1.24. The van der Waals surface area contributed by atoms with Crippen molar-refractivity contribution in [2.45, 2.75) is 13.0 Å². The van der Waals surface area contributed by atoms with Crippen molar-refractivity contribution in [3.63, 3.8) is 0 Å². The average Bonchev–Trinajstić information content (AvgIpc) is 2.97. The van der Waals surface area contributed by atoms with Crippen molar-refractivity contribution in [2.24, 2.45) is 0 Å². The molecule has 1 heterocycles. The second-order valence-electron chi connectivity index (χ2n) is 5.80. The van der Waals surface area contributed by atoms with E-state index in [1.54, 1.807) is 6.07 Å². The minimum Gasteiger partial charge on any atom is -0.394 e. The van der Waals surface area contributed by atoms with E-state index < -0.39 is 53.9 Å². The highest BCUT2D eigenvalue weighted by Gasteiger charge is 2.29. The molecule has 4 N–H and O–H groups in total. The smallest absolute Gasteiger partial charge is 0.283 e. The summed E-state index contributed by atoms with van der Waals surface area (Å²) in [7, 11) is 1.17. The molecule has 152 valence electrons. The van der Waals surface area contributed by atoms with Gasteiger partial charge in [0.2, 0.25) is 0 Å². The van der Waals surface area contributed by atoms with Gasteiger partial charge in [-0.25, -0.2) is 13.8 Å². The fourth-order valence-electron chi connectivity index (χ4n) is 2.21. The number of halogens is 3. The number of hydrogen-bond acceptors (Lipinski definition) is 6. The highest BCUT2D eigenvalue weighted by molar-refractivity contribution is 14.1. The van der Waals surface area contributed by atoms with Crippen molar-refractivity contribution < 1.29 is 33.4 Å². The number of aromatic nitrogens is 1. The number of nitrogens with zero attached hydrogens (tertiary/aromatic N) is 1. The Kier molecular flexibility index (Phi) is 7.46. The number of Topliss-reactive ketones (excluding diaryl/α,β-unsaturated/α-hetero) is 1. The Bertz CT molecular complexity index is 890. The summed E-state index contributed by atoms with van der Waals surface area (Å²) in [6.45, 7) is 0.100. The Hall–Kier alpha value is -2.09. The minimum absolute atomic E-state index is 0.0370. The van der Waals surface area contributed by atoms with Gasteiger partial charge in [-0.15, -0.1) is 0 Å². The number of carbonyl (C=O) groups excluding carboxylic acids is 2. The molecule has 1 atom stereocenters. The van der Waals surface area contributed by atoms with E-state index in [1.807, 2.05) is 22.6 Å². The second kappa shape index (κ2) is 9.41. The first-order valence-electron chi connectivity index (χ1n) is 8.00. The molecule has 0 saturated heterocycles. The van der Waals surface area contributed by atoms with E-state index in [0.717, 1.165) is 6.92 Å². The number of nitrogens with one attached hydrogen (secondary N) is 2. The van der Waals surface area contributed by atoms with E-state index in [0.29, 0.717) is 8.63 Å². The Morgan fingerprint density at radius 3 is 2.64 bits per heavy atom. The van der Waals surface area contributed by atoms with E-state index in [9.17, 15) is 23.5 Å². The van der Waals surface area contributed by atoms with Gasteiger partial charge in [-0.3, -0.25) is 14.4 Å². The zero-order valence-electron chi connectivity index (χ0n) is 14.9. The van der Waals surface area contributed by atoms with Gasteiger partial charge in [0, 0.05) is 17.5 Å². The lowest BCUT2D eigenvalue weighted by molar-refractivity contribution is -0.136. The quantitative estimate of drug-likeness (QED) is 0.247. The van der Waals surface area contributed by atoms with Crippen LogP contribution in [0.1, 0.15) is 27.8 Å². The largest absolute Gasteiger partial charge is 0.394 e. The zero-order chi connectivity index (χ0) is 21.0. The molecule has 0 saturated carbocycles. The monoisotopic (exact) mass is 509 g/mol. The zero-order valence-corrected chi connectivity index (χ0v) is 17.1. The van der Waals surface area contributed by atoms with Gasteiger partial charge >= 0.3 is 0 Å². The number of benzene rings is 1. The van der Waals surface area contributed by atoms with Gasteiger partial charge in [-0.05, 0) is 40.8 Å². The summed E-state index contributed by atoms with van der Waals surface area (Å²) >= 11 is 1.92. The first-order valence-corrected chi connectivity index (χ1v) is 9.07. The summed E-state index contributed by atoms with van der Waals surface area (Å²) in [4.78, 5) is 31.7. The number of aliphatic hydroxyl groups is 2. The SMILES string of the molecule is CC(=O)c1[nH]c(Nc2ccc(I)cc2F)c(C(=O)N(C)OC[C@H](O)CO)c1F. The van der Waals surface area contributed by atoms with Crippen LogP contribution in [-0.2, 0) is 4.84 Å². The maximum absolute atomic E-state index is 14.7. The third-order valence-electron chi connectivity index (χ3n) is 3.65. The van der Waals surface area contributed by atoms with Crippen molar-refractivity contribution in [3.05, 3.63) is 44.7 Å². The highest BCUT2D eigenvalue weighted by atomic mass is 127. The van der Waals surface area contributed by atoms with Crippen LogP contribution in [0.15, 0.2) is 18.2 Å². The summed E-state index contributed by atoms with van der Waals surface area (Å²) in [6, 6.07) is 4.24. The molecule has 1 aromatic heterocycles. The number of rotatable bonds is 8. The molecule has 11 heteroatoms. The van der Waals surface area contributed by atoms with Crippen LogP contribution in [0, 0.1) is 15.2 Å². The predicted molar refractivity (Wildman–Crippen MR) is 104 cm³/mol. The summed E-state index contributed by atoms with van der Waals surface area (Å²) in [5.74, 6) is -3.64. The summed E-state index contributed by atoms with van der Waals surface area (Å²) in [6.07, 6.45) is -1.24. The Labute approximate surface area is 172 Å². The number of ketones is 1. The van der Waals surface area contributed by atoms with E-state index in [1.165, 1.54) is 19.2 Å². The number of hydroxylamine groups is 2. The van der Waals surface area contributed by atoms with E-state index in [2.05, 4.69) is 10.3 Å². The molecule has 0 aliphatic rings. The number of H-pyrrole nitrogens is 1. The van der Waals surface area contributed by atoms with Crippen molar-refractivity contribution in [1.82, 2.24) is 10.0 Å². The van der Waals surface area contributed by atoms with E-state index in [-0.39, 0.29) is 11.5 Å². The van der Waals surface area contributed by atoms with Gasteiger partial charge in [0.25, 0.3) is 5.91 Å². The van der Waals surface area contributed by atoms with Crippen molar-refractivity contribution in [2.75, 3.05) is 25.6 Å². The number of anilines is 2. The van der Waals surface area contributed by atoms with Gasteiger partial charge in [-0.1, -0.05) is 0 Å². The molecule has 0 radical (unpaired) electrons. The van der Waals surface area contributed by atoms with Gasteiger partial charge in [0.05, 0.1) is 12.3 Å². The van der Waals surface area contributed by atoms with Crippen LogP contribution in [0.3, 0.4) is 0 Å². The van der Waals surface area contributed by atoms with Crippen LogP contribution >= 0.6 is 22.6 Å². The van der Waals surface area contributed by atoms with Crippen LogP contribution in [0.5, 0.6) is 0 Å². The number of aromatic amines is 1.